The third-order valence-corrected chi connectivity index (χ3v) is 4.02. The zero-order valence-electron chi connectivity index (χ0n) is 10.6. The molecular weight excluding hydrogens is 272 g/mol. The van der Waals surface area contributed by atoms with Gasteiger partial charge in [0.25, 0.3) is 0 Å². The molecule has 3 nitrogen and oxygen atoms in total. The molecule has 1 N–H and O–H groups in total. The van der Waals surface area contributed by atoms with E-state index in [1.54, 1.807) is 17.8 Å². The lowest BCUT2D eigenvalue weighted by molar-refractivity contribution is 0.0665. The first-order valence-electron chi connectivity index (χ1n) is 6.16. The fourth-order valence-electron chi connectivity index (χ4n) is 1.97. The first kappa shape index (κ1) is 12.8. The normalized spacial score (nSPS) is 10.8. The summed E-state index contributed by atoms with van der Waals surface area (Å²) in [7, 11) is 0. The van der Waals surface area contributed by atoms with E-state index in [4.69, 9.17) is 9.52 Å². The van der Waals surface area contributed by atoms with Gasteiger partial charge in [0.05, 0.1) is 0 Å². The van der Waals surface area contributed by atoms with Crippen LogP contribution >= 0.6 is 11.8 Å². The van der Waals surface area contributed by atoms with Crippen LogP contribution in [0.25, 0.3) is 11.0 Å². The molecular formula is C16H12O3S. The molecule has 0 radical (unpaired) electrons. The summed E-state index contributed by atoms with van der Waals surface area (Å²) in [5, 5.41) is 9.74. The molecule has 0 aliphatic heterocycles. The van der Waals surface area contributed by atoms with E-state index in [1.165, 1.54) is 4.90 Å². The standard InChI is InChI=1S/C16H12O3S/c17-16(18)15-9-12-8-11(6-7-14(12)19-15)10-20-13-4-2-1-3-5-13/h1-9H,10H2,(H,17,18). The number of rotatable bonds is 4. The SMILES string of the molecule is O=C(O)c1cc2cc(CSc3ccccc3)ccc2o1. The van der Waals surface area contributed by atoms with E-state index in [2.05, 4.69) is 12.1 Å². The smallest absolute Gasteiger partial charge is 0.371 e. The first-order chi connectivity index (χ1) is 9.72. The van der Waals surface area contributed by atoms with Crippen LogP contribution in [0.5, 0.6) is 0 Å². The Bertz CT molecular complexity index is 747. The fourth-order valence-corrected chi connectivity index (χ4v) is 2.83. The van der Waals surface area contributed by atoms with E-state index in [1.807, 2.05) is 36.4 Å². The topological polar surface area (TPSA) is 50.4 Å². The number of hydrogen-bond donors (Lipinski definition) is 1. The summed E-state index contributed by atoms with van der Waals surface area (Å²) >= 11 is 1.75. The van der Waals surface area contributed by atoms with Crippen molar-refractivity contribution in [1.82, 2.24) is 0 Å². The van der Waals surface area contributed by atoms with Crippen LogP contribution in [0.3, 0.4) is 0 Å². The highest BCUT2D eigenvalue weighted by molar-refractivity contribution is 7.98. The molecule has 0 fully saturated rings. The van der Waals surface area contributed by atoms with Crippen molar-refractivity contribution in [2.45, 2.75) is 10.6 Å². The van der Waals surface area contributed by atoms with Crippen molar-refractivity contribution in [2.24, 2.45) is 0 Å². The van der Waals surface area contributed by atoms with Crippen molar-refractivity contribution < 1.29 is 14.3 Å². The number of carboxylic acid groups (broad SMARTS) is 1. The molecule has 0 saturated carbocycles. The molecule has 3 aromatic rings. The molecule has 0 unspecified atom stereocenters. The Morgan fingerprint density at radius 1 is 1.10 bits per heavy atom. The maximum Gasteiger partial charge on any atom is 0.371 e. The van der Waals surface area contributed by atoms with Crippen LogP contribution in [-0.4, -0.2) is 11.1 Å². The number of furan rings is 1. The summed E-state index contributed by atoms with van der Waals surface area (Å²) in [4.78, 5) is 12.1. The number of thioether (sulfide) groups is 1. The lowest BCUT2D eigenvalue weighted by atomic mass is 10.2. The molecule has 0 spiro atoms. The van der Waals surface area contributed by atoms with E-state index in [0.717, 1.165) is 16.7 Å². The van der Waals surface area contributed by atoms with Crippen LogP contribution in [0.4, 0.5) is 0 Å². The highest BCUT2D eigenvalue weighted by atomic mass is 32.2. The minimum absolute atomic E-state index is 0.0205. The van der Waals surface area contributed by atoms with Crippen LogP contribution < -0.4 is 0 Å². The molecule has 100 valence electrons. The van der Waals surface area contributed by atoms with Gasteiger partial charge in [-0.3, -0.25) is 0 Å². The van der Waals surface area contributed by atoms with Crippen molar-refractivity contribution in [2.75, 3.05) is 0 Å². The molecule has 0 atom stereocenters. The third kappa shape index (κ3) is 2.70. The Hall–Kier alpha value is -2.20. The van der Waals surface area contributed by atoms with Crippen LogP contribution in [-0.2, 0) is 5.75 Å². The summed E-state index contributed by atoms with van der Waals surface area (Å²) in [6.45, 7) is 0. The number of hydrogen-bond acceptors (Lipinski definition) is 3. The molecule has 0 amide bonds. The number of fused-ring (bicyclic) bond motifs is 1. The lowest BCUT2D eigenvalue weighted by Crippen LogP contribution is -1.91. The minimum atomic E-state index is -1.04. The molecule has 0 bridgehead atoms. The van der Waals surface area contributed by atoms with Crippen LogP contribution in [0, 0.1) is 0 Å². The van der Waals surface area contributed by atoms with E-state index < -0.39 is 5.97 Å². The Labute approximate surface area is 120 Å². The number of aromatic carboxylic acids is 1. The monoisotopic (exact) mass is 284 g/mol. The molecule has 0 aliphatic carbocycles. The van der Waals surface area contributed by atoms with Gasteiger partial charge in [-0.05, 0) is 35.9 Å². The molecule has 0 saturated heterocycles. The highest BCUT2D eigenvalue weighted by Crippen LogP contribution is 2.26. The van der Waals surface area contributed by atoms with Crippen molar-refractivity contribution in [3.63, 3.8) is 0 Å². The van der Waals surface area contributed by atoms with E-state index in [9.17, 15) is 4.79 Å². The fraction of sp³-hybridized carbons (Fsp3) is 0.0625. The second-order valence-corrected chi connectivity index (χ2v) is 5.44. The van der Waals surface area contributed by atoms with Crippen LogP contribution in [0.15, 0.2) is 63.9 Å². The quantitative estimate of drug-likeness (QED) is 0.720. The van der Waals surface area contributed by atoms with Crippen molar-refractivity contribution in [1.29, 1.82) is 0 Å². The maximum absolute atomic E-state index is 10.9. The minimum Gasteiger partial charge on any atom is -0.475 e. The summed E-state index contributed by atoms with van der Waals surface area (Å²) < 4.78 is 5.24. The molecule has 1 heterocycles. The maximum atomic E-state index is 10.9. The summed E-state index contributed by atoms with van der Waals surface area (Å²) in [5.41, 5.74) is 1.75. The molecule has 3 rings (SSSR count). The third-order valence-electron chi connectivity index (χ3n) is 2.94. The van der Waals surface area contributed by atoms with Gasteiger partial charge in [0.2, 0.25) is 5.76 Å². The second-order valence-electron chi connectivity index (χ2n) is 4.39. The summed E-state index contributed by atoms with van der Waals surface area (Å²) in [6.07, 6.45) is 0. The van der Waals surface area contributed by atoms with E-state index in [0.29, 0.717) is 5.58 Å². The second kappa shape index (κ2) is 5.43. The van der Waals surface area contributed by atoms with Crippen molar-refractivity contribution in [3.8, 4) is 0 Å². The highest BCUT2D eigenvalue weighted by Gasteiger charge is 2.10. The lowest BCUT2D eigenvalue weighted by Gasteiger charge is -2.01. The Morgan fingerprint density at radius 2 is 1.90 bits per heavy atom. The first-order valence-corrected chi connectivity index (χ1v) is 7.14. The molecule has 0 aliphatic rings. The number of carboxylic acids is 1. The van der Waals surface area contributed by atoms with Gasteiger partial charge in [-0.25, -0.2) is 4.79 Å². The zero-order valence-corrected chi connectivity index (χ0v) is 11.4. The van der Waals surface area contributed by atoms with Gasteiger partial charge in [-0.2, -0.15) is 0 Å². The van der Waals surface area contributed by atoms with Gasteiger partial charge in [0.15, 0.2) is 0 Å². The van der Waals surface area contributed by atoms with Gasteiger partial charge in [-0.15, -0.1) is 11.8 Å². The van der Waals surface area contributed by atoms with E-state index in [-0.39, 0.29) is 5.76 Å². The summed E-state index contributed by atoms with van der Waals surface area (Å²) in [6, 6.07) is 17.5. The van der Waals surface area contributed by atoms with Gasteiger partial charge < -0.3 is 9.52 Å². The molecule has 1 aromatic heterocycles. The van der Waals surface area contributed by atoms with Crippen LogP contribution in [0.1, 0.15) is 16.1 Å². The Balaban J connectivity index is 1.80. The molecule has 4 heteroatoms. The van der Waals surface area contributed by atoms with Gasteiger partial charge in [-0.1, -0.05) is 24.3 Å². The van der Waals surface area contributed by atoms with Gasteiger partial charge in [0.1, 0.15) is 5.58 Å². The molecule has 2 aromatic carbocycles. The summed E-state index contributed by atoms with van der Waals surface area (Å²) in [5.74, 6) is -0.220. The average Bonchev–Trinajstić information content (AvgIpc) is 2.89. The van der Waals surface area contributed by atoms with E-state index >= 15 is 0 Å². The van der Waals surface area contributed by atoms with Crippen molar-refractivity contribution in [3.05, 3.63) is 65.9 Å². The Kier molecular flexibility index (Phi) is 3.48. The average molecular weight is 284 g/mol. The van der Waals surface area contributed by atoms with Gasteiger partial charge >= 0.3 is 5.97 Å². The number of benzene rings is 2. The Morgan fingerprint density at radius 3 is 2.65 bits per heavy atom. The zero-order chi connectivity index (χ0) is 13.9. The largest absolute Gasteiger partial charge is 0.475 e. The molecule has 20 heavy (non-hydrogen) atoms. The predicted molar refractivity (Wildman–Crippen MR) is 79.2 cm³/mol. The predicted octanol–water partition coefficient (Wildman–Crippen LogP) is 4.42. The van der Waals surface area contributed by atoms with Gasteiger partial charge in [0, 0.05) is 16.0 Å². The van der Waals surface area contributed by atoms with Crippen molar-refractivity contribution >= 4 is 28.7 Å². The van der Waals surface area contributed by atoms with Crippen LogP contribution in [0.2, 0.25) is 0 Å². The number of carbonyl (C=O) groups is 1.